The number of ether oxygens (including phenoxy) is 1. The fraction of sp³-hybridized carbons (Fsp3) is 0.292. The van der Waals surface area contributed by atoms with Crippen LogP contribution in [0.15, 0.2) is 66.4 Å². The number of carboxylic acid groups (broad SMARTS) is 2. The van der Waals surface area contributed by atoms with Crippen LogP contribution >= 0.6 is 0 Å². The second-order valence-corrected chi connectivity index (χ2v) is 7.46. The van der Waals surface area contributed by atoms with Gasteiger partial charge in [0.05, 0.1) is 12.6 Å². The molecule has 0 aliphatic carbocycles. The third-order valence-electron chi connectivity index (χ3n) is 4.90. The maximum atomic E-state index is 13.1. The lowest BCUT2D eigenvalue weighted by atomic mass is 10.1. The summed E-state index contributed by atoms with van der Waals surface area (Å²) in [5.74, 6) is -3.19. The molecule has 32 heavy (non-hydrogen) atoms. The van der Waals surface area contributed by atoms with Gasteiger partial charge >= 0.3 is 11.9 Å². The zero-order chi connectivity index (χ0) is 23.7. The largest absolute Gasteiger partial charge is 0.486 e. The van der Waals surface area contributed by atoms with E-state index in [2.05, 4.69) is 19.1 Å². The molecular weight excluding hydrogens is 412 g/mol. The predicted molar refractivity (Wildman–Crippen MR) is 120 cm³/mol. The topological polar surface area (TPSA) is 107 Å². The molecule has 1 aliphatic heterocycles. The fourth-order valence-corrected chi connectivity index (χ4v) is 3.14. The quantitative estimate of drug-likeness (QED) is 0.638. The Morgan fingerprint density at radius 1 is 1.00 bits per heavy atom. The van der Waals surface area contributed by atoms with Gasteiger partial charge in [-0.2, -0.15) is 0 Å². The van der Waals surface area contributed by atoms with Crippen LogP contribution in [-0.2, 0) is 19.1 Å². The summed E-state index contributed by atoms with van der Waals surface area (Å²) in [7, 11) is 3.99. The smallest absolute Gasteiger partial charge is 0.414 e. The Hall–Kier alpha value is -3.65. The zero-order valence-electron chi connectivity index (χ0n) is 18.4. The van der Waals surface area contributed by atoms with Gasteiger partial charge in [-0.3, -0.25) is 4.79 Å². The Morgan fingerprint density at radius 2 is 1.53 bits per heavy atom. The van der Waals surface area contributed by atoms with E-state index in [4.69, 9.17) is 24.5 Å². The maximum Gasteiger partial charge on any atom is 0.414 e. The highest BCUT2D eigenvalue weighted by Gasteiger charge is 2.35. The first-order chi connectivity index (χ1) is 15.2. The Morgan fingerprint density at radius 3 is 2.03 bits per heavy atom. The number of amides is 1. The second kappa shape index (κ2) is 11.7. The van der Waals surface area contributed by atoms with Crippen molar-refractivity contribution in [2.24, 2.45) is 0 Å². The van der Waals surface area contributed by atoms with Crippen LogP contribution in [0.4, 0.5) is 0 Å². The van der Waals surface area contributed by atoms with Gasteiger partial charge in [-0.05, 0) is 32.1 Å². The summed E-state index contributed by atoms with van der Waals surface area (Å²) in [6.45, 7) is 3.90. The monoisotopic (exact) mass is 440 g/mol. The van der Waals surface area contributed by atoms with E-state index in [1.807, 2.05) is 72.4 Å². The molecule has 2 N–H and O–H groups in total. The average molecular weight is 440 g/mol. The van der Waals surface area contributed by atoms with Crippen LogP contribution in [0, 0.1) is 0 Å². The number of carboxylic acids is 2. The molecule has 1 atom stereocenters. The van der Waals surface area contributed by atoms with Crippen molar-refractivity contribution in [2.75, 3.05) is 33.8 Å². The SMILES string of the molecule is CC(c1ccccc1)N1CC(c2ccccc2)=C(OCCN(C)C)C1=O.O=C(O)C(=O)O. The normalized spacial score (nSPS) is 14.1. The molecule has 8 nitrogen and oxygen atoms in total. The summed E-state index contributed by atoms with van der Waals surface area (Å²) in [6, 6.07) is 20.2. The molecule has 2 aromatic rings. The van der Waals surface area contributed by atoms with Crippen molar-refractivity contribution in [1.82, 2.24) is 9.80 Å². The van der Waals surface area contributed by atoms with Gasteiger partial charge in [0.2, 0.25) is 0 Å². The van der Waals surface area contributed by atoms with Gasteiger partial charge in [0.1, 0.15) is 6.61 Å². The molecule has 0 fully saturated rings. The van der Waals surface area contributed by atoms with E-state index >= 15 is 0 Å². The van der Waals surface area contributed by atoms with Crippen LogP contribution in [0.1, 0.15) is 24.1 Å². The highest BCUT2D eigenvalue weighted by Crippen LogP contribution is 2.34. The molecule has 1 heterocycles. The minimum absolute atomic E-state index is 0.00244. The molecule has 1 amide bonds. The van der Waals surface area contributed by atoms with E-state index in [1.54, 1.807) is 0 Å². The van der Waals surface area contributed by atoms with Gasteiger partial charge < -0.3 is 24.7 Å². The van der Waals surface area contributed by atoms with E-state index in [-0.39, 0.29) is 11.9 Å². The lowest BCUT2D eigenvalue weighted by molar-refractivity contribution is -0.159. The number of carbonyl (C=O) groups is 3. The lowest BCUT2D eigenvalue weighted by Crippen LogP contribution is -2.31. The molecule has 0 bridgehead atoms. The van der Waals surface area contributed by atoms with E-state index in [0.717, 1.165) is 23.2 Å². The lowest BCUT2D eigenvalue weighted by Gasteiger charge is -2.25. The molecular formula is C24H28N2O6. The number of hydrogen-bond acceptors (Lipinski definition) is 5. The maximum absolute atomic E-state index is 13.1. The van der Waals surface area contributed by atoms with E-state index in [1.165, 1.54) is 0 Å². The molecule has 2 aromatic carbocycles. The third kappa shape index (κ3) is 6.68. The van der Waals surface area contributed by atoms with Crippen LogP contribution in [0.3, 0.4) is 0 Å². The van der Waals surface area contributed by atoms with Crippen molar-refractivity contribution in [3.63, 3.8) is 0 Å². The third-order valence-corrected chi connectivity index (χ3v) is 4.90. The van der Waals surface area contributed by atoms with Crippen molar-refractivity contribution in [3.05, 3.63) is 77.5 Å². The van der Waals surface area contributed by atoms with E-state index < -0.39 is 11.9 Å². The van der Waals surface area contributed by atoms with Gasteiger partial charge in [-0.15, -0.1) is 0 Å². The van der Waals surface area contributed by atoms with Crippen molar-refractivity contribution in [2.45, 2.75) is 13.0 Å². The van der Waals surface area contributed by atoms with Gasteiger partial charge in [0.25, 0.3) is 5.91 Å². The van der Waals surface area contributed by atoms with Gasteiger partial charge in [-0.1, -0.05) is 60.7 Å². The van der Waals surface area contributed by atoms with E-state index in [0.29, 0.717) is 18.9 Å². The number of nitrogens with zero attached hydrogens (tertiary/aromatic N) is 2. The zero-order valence-corrected chi connectivity index (χ0v) is 18.4. The number of rotatable bonds is 7. The van der Waals surface area contributed by atoms with Crippen LogP contribution in [0.25, 0.3) is 5.57 Å². The number of aliphatic carboxylic acids is 2. The standard InChI is InChI=1S/C22H26N2O2.C2H2O4/c1-17(18-10-6-4-7-11-18)24-16-20(19-12-8-5-9-13-19)21(22(24)25)26-15-14-23(2)3;3-1(4)2(5)6/h4-13,17H,14-16H2,1-3H3;(H,3,4)(H,5,6). The molecule has 1 unspecified atom stereocenters. The van der Waals surface area contributed by atoms with Gasteiger partial charge in [0, 0.05) is 12.1 Å². The summed E-state index contributed by atoms with van der Waals surface area (Å²) in [6.07, 6.45) is 0. The summed E-state index contributed by atoms with van der Waals surface area (Å²) in [5.41, 5.74) is 3.14. The highest BCUT2D eigenvalue weighted by molar-refractivity contribution is 6.27. The average Bonchev–Trinajstić information content (AvgIpc) is 3.11. The van der Waals surface area contributed by atoms with Gasteiger partial charge in [0.15, 0.2) is 5.76 Å². The number of benzene rings is 2. The Balaban J connectivity index is 0.000000534. The molecule has 3 rings (SSSR count). The van der Waals surface area contributed by atoms with Gasteiger partial charge in [-0.25, -0.2) is 9.59 Å². The van der Waals surface area contributed by atoms with Crippen molar-refractivity contribution >= 4 is 23.4 Å². The highest BCUT2D eigenvalue weighted by atomic mass is 16.5. The fourth-order valence-electron chi connectivity index (χ4n) is 3.14. The summed E-state index contributed by atoms with van der Waals surface area (Å²) < 4.78 is 5.96. The number of hydrogen-bond donors (Lipinski definition) is 2. The summed E-state index contributed by atoms with van der Waals surface area (Å²) >= 11 is 0. The van der Waals surface area contributed by atoms with E-state index in [9.17, 15) is 4.79 Å². The Labute approximate surface area is 187 Å². The second-order valence-electron chi connectivity index (χ2n) is 7.46. The number of likely N-dealkylation sites (N-methyl/N-ethyl adjacent to an activating group) is 1. The Bertz CT molecular complexity index is 945. The molecule has 0 aromatic heterocycles. The predicted octanol–water partition coefficient (Wildman–Crippen LogP) is 2.73. The van der Waals surface area contributed by atoms with Crippen molar-refractivity contribution in [3.8, 4) is 0 Å². The molecule has 0 saturated carbocycles. The summed E-state index contributed by atoms with van der Waals surface area (Å²) in [4.78, 5) is 35.2. The van der Waals surface area contributed by atoms with Crippen LogP contribution < -0.4 is 0 Å². The summed E-state index contributed by atoms with van der Waals surface area (Å²) in [5, 5.41) is 14.8. The van der Waals surface area contributed by atoms with Crippen molar-refractivity contribution < 1.29 is 29.3 Å². The minimum atomic E-state index is -1.82. The molecule has 170 valence electrons. The first kappa shape index (κ1) is 24.6. The first-order valence-corrected chi connectivity index (χ1v) is 10.1. The molecule has 1 aliphatic rings. The van der Waals surface area contributed by atoms with Crippen LogP contribution in [0.5, 0.6) is 0 Å². The van der Waals surface area contributed by atoms with Crippen molar-refractivity contribution in [1.29, 1.82) is 0 Å². The van der Waals surface area contributed by atoms with Crippen LogP contribution in [0.2, 0.25) is 0 Å². The molecule has 0 saturated heterocycles. The molecule has 0 radical (unpaired) electrons. The Kier molecular flexibility index (Phi) is 8.97. The molecule has 8 heteroatoms. The number of carbonyl (C=O) groups excluding carboxylic acids is 1. The van der Waals surface area contributed by atoms with Crippen LogP contribution in [-0.4, -0.2) is 71.7 Å². The molecule has 0 spiro atoms. The minimum Gasteiger partial charge on any atom is -0.486 e. The first-order valence-electron chi connectivity index (χ1n) is 10.1.